The van der Waals surface area contributed by atoms with Crippen molar-refractivity contribution >= 4 is 33.3 Å². The summed E-state index contributed by atoms with van der Waals surface area (Å²) in [6.07, 6.45) is 3.35. The first-order valence-corrected chi connectivity index (χ1v) is 7.85. The number of nitrogens with zero attached hydrogens (tertiary/aromatic N) is 4. The molecule has 3 heterocycles. The summed E-state index contributed by atoms with van der Waals surface area (Å²) in [7, 11) is 1.69. The van der Waals surface area contributed by atoms with Crippen LogP contribution in [0.15, 0.2) is 33.9 Å². The van der Waals surface area contributed by atoms with E-state index in [4.69, 9.17) is 0 Å². The second kappa shape index (κ2) is 6.45. The molecule has 1 aliphatic rings. The smallest absolute Gasteiger partial charge is 0.293 e. The molecule has 0 bridgehead atoms. The van der Waals surface area contributed by atoms with Crippen molar-refractivity contribution in [2.24, 2.45) is 7.05 Å². The highest BCUT2D eigenvalue weighted by Gasteiger charge is 2.12. The summed E-state index contributed by atoms with van der Waals surface area (Å²) in [5.41, 5.74) is 0.552. The molecule has 22 heavy (non-hydrogen) atoms. The Labute approximate surface area is 136 Å². The second-order valence-electron chi connectivity index (χ2n) is 5.10. The van der Waals surface area contributed by atoms with Gasteiger partial charge in [-0.15, -0.1) is 0 Å². The molecule has 1 fully saturated rings. The molecule has 116 valence electrons. The number of piperazine rings is 1. The standard InChI is InChI=1S/C14H17BrN6O/c1-20-9-11(15)19-13(14(20)22)18-10-2-3-12(17-8-10)21-6-4-16-5-7-21/h2-3,8-9,16H,4-7H2,1H3,(H,18,19). The van der Waals surface area contributed by atoms with Gasteiger partial charge in [0.15, 0.2) is 5.82 Å². The summed E-state index contributed by atoms with van der Waals surface area (Å²) in [5.74, 6) is 1.22. The number of hydrogen-bond acceptors (Lipinski definition) is 6. The summed E-state index contributed by atoms with van der Waals surface area (Å²) in [6, 6.07) is 3.86. The van der Waals surface area contributed by atoms with Gasteiger partial charge in [-0.25, -0.2) is 9.97 Å². The van der Waals surface area contributed by atoms with Gasteiger partial charge >= 0.3 is 0 Å². The van der Waals surface area contributed by atoms with Gasteiger partial charge in [0.2, 0.25) is 0 Å². The lowest BCUT2D eigenvalue weighted by Gasteiger charge is -2.28. The molecule has 0 radical (unpaired) electrons. The highest BCUT2D eigenvalue weighted by atomic mass is 79.9. The van der Waals surface area contributed by atoms with E-state index in [2.05, 4.69) is 41.4 Å². The predicted molar refractivity (Wildman–Crippen MR) is 89.8 cm³/mol. The normalized spacial score (nSPS) is 14.9. The fraction of sp³-hybridized carbons (Fsp3) is 0.357. The Morgan fingerprint density at radius 3 is 2.77 bits per heavy atom. The van der Waals surface area contributed by atoms with Crippen LogP contribution in [0, 0.1) is 0 Å². The Morgan fingerprint density at radius 2 is 2.09 bits per heavy atom. The zero-order chi connectivity index (χ0) is 15.5. The number of pyridine rings is 1. The van der Waals surface area contributed by atoms with Crippen LogP contribution in [-0.4, -0.2) is 40.7 Å². The van der Waals surface area contributed by atoms with Gasteiger partial charge < -0.3 is 20.1 Å². The number of rotatable bonds is 3. The molecule has 3 rings (SSSR count). The van der Waals surface area contributed by atoms with Gasteiger partial charge in [-0.3, -0.25) is 4.79 Å². The molecular weight excluding hydrogens is 348 g/mol. The van der Waals surface area contributed by atoms with E-state index in [1.807, 2.05) is 12.1 Å². The van der Waals surface area contributed by atoms with Gasteiger partial charge in [-0.05, 0) is 28.1 Å². The Balaban J connectivity index is 1.77. The quantitative estimate of drug-likeness (QED) is 0.848. The number of nitrogens with one attached hydrogen (secondary N) is 2. The van der Waals surface area contributed by atoms with E-state index in [0.29, 0.717) is 4.60 Å². The number of hydrogen-bond donors (Lipinski definition) is 2. The lowest BCUT2D eigenvalue weighted by molar-refractivity contribution is 0.585. The van der Waals surface area contributed by atoms with Crippen LogP contribution in [0.5, 0.6) is 0 Å². The molecule has 0 saturated carbocycles. The third-order valence-corrected chi connectivity index (χ3v) is 3.88. The molecule has 0 aromatic carbocycles. The topological polar surface area (TPSA) is 75.1 Å². The monoisotopic (exact) mass is 364 g/mol. The second-order valence-corrected chi connectivity index (χ2v) is 5.91. The Hall–Kier alpha value is -1.93. The zero-order valence-electron chi connectivity index (χ0n) is 12.2. The summed E-state index contributed by atoms with van der Waals surface area (Å²) < 4.78 is 2.07. The van der Waals surface area contributed by atoms with Crippen molar-refractivity contribution in [3.8, 4) is 0 Å². The molecule has 2 N–H and O–H groups in total. The van der Waals surface area contributed by atoms with Crippen LogP contribution in [0.4, 0.5) is 17.3 Å². The lowest BCUT2D eigenvalue weighted by atomic mass is 10.3. The molecule has 7 nitrogen and oxygen atoms in total. The SMILES string of the molecule is Cn1cc(Br)nc(Nc2ccc(N3CCNCC3)nc2)c1=O. The van der Waals surface area contributed by atoms with E-state index in [-0.39, 0.29) is 11.4 Å². The minimum Gasteiger partial charge on any atom is -0.354 e. The molecule has 0 aliphatic carbocycles. The third-order valence-electron chi connectivity index (χ3n) is 3.49. The average Bonchev–Trinajstić information content (AvgIpc) is 2.54. The van der Waals surface area contributed by atoms with Gasteiger partial charge in [-0.1, -0.05) is 0 Å². The summed E-state index contributed by atoms with van der Waals surface area (Å²) in [6.45, 7) is 3.85. The summed E-state index contributed by atoms with van der Waals surface area (Å²) in [5, 5.41) is 6.33. The Bertz CT molecular complexity index is 708. The van der Waals surface area contributed by atoms with E-state index in [0.717, 1.165) is 37.7 Å². The van der Waals surface area contributed by atoms with Crippen molar-refractivity contribution in [1.29, 1.82) is 0 Å². The highest BCUT2D eigenvalue weighted by molar-refractivity contribution is 9.10. The molecule has 0 atom stereocenters. The van der Waals surface area contributed by atoms with Gasteiger partial charge in [0.05, 0.1) is 11.9 Å². The first-order chi connectivity index (χ1) is 10.6. The molecule has 8 heteroatoms. The van der Waals surface area contributed by atoms with Gasteiger partial charge in [-0.2, -0.15) is 0 Å². The number of halogens is 1. The zero-order valence-corrected chi connectivity index (χ0v) is 13.8. The average molecular weight is 365 g/mol. The van der Waals surface area contributed by atoms with E-state index in [1.54, 1.807) is 19.4 Å². The van der Waals surface area contributed by atoms with Crippen molar-refractivity contribution in [2.45, 2.75) is 0 Å². The summed E-state index contributed by atoms with van der Waals surface area (Å²) >= 11 is 3.29. The minimum absolute atomic E-state index is 0.186. The molecule has 0 spiro atoms. The van der Waals surface area contributed by atoms with Crippen molar-refractivity contribution < 1.29 is 0 Å². The van der Waals surface area contributed by atoms with E-state index >= 15 is 0 Å². The van der Waals surface area contributed by atoms with E-state index in [1.165, 1.54) is 4.57 Å². The maximum atomic E-state index is 12.0. The van der Waals surface area contributed by atoms with Crippen LogP contribution in [0.1, 0.15) is 0 Å². The molecule has 2 aromatic heterocycles. The maximum Gasteiger partial charge on any atom is 0.293 e. The largest absolute Gasteiger partial charge is 0.354 e. The fourth-order valence-electron chi connectivity index (χ4n) is 2.33. The van der Waals surface area contributed by atoms with Crippen molar-refractivity contribution in [3.63, 3.8) is 0 Å². The van der Waals surface area contributed by atoms with E-state index < -0.39 is 0 Å². The molecule has 1 saturated heterocycles. The molecule has 1 aliphatic heterocycles. The number of aryl methyl sites for hydroxylation is 1. The highest BCUT2D eigenvalue weighted by Crippen LogP contribution is 2.17. The predicted octanol–water partition coefficient (Wildman–Crippen LogP) is 1.09. The van der Waals surface area contributed by atoms with Crippen molar-refractivity contribution in [2.75, 3.05) is 36.4 Å². The summed E-state index contributed by atoms with van der Waals surface area (Å²) in [4.78, 5) is 22.9. The lowest BCUT2D eigenvalue weighted by Crippen LogP contribution is -2.43. The molecule has 0 amide bonds. The van der Waals surface area contributed by atoms with Crippen molar-refractivity contribution in [1.82, 2.24) is 19.9 Å². The fourth-order valence-corrected chi connectivity index (χ4v) is 2.81. The molecule has 2 aromatic rings. The van der Waals surface area contributed by atoms with Crippen LogP contribution < -0.4 is 21.1 Å². The van der Waals surface area contributed by atoms with E-state index in [9.17, 15) is 4.79 Å². The first kappa shape index (κ1) is 15.0. The number of anilines is 3. The maximum absolute atomic E-state index is 12.0. The van der Waals surface area contributed by atoms with Crippen LogP contribution in [0.3, 0.4) is 0 Å². The third kappa shape index (κ3) is 3.28. The van der Waals surface area contributed by atoms with Crippen molar-refractivity contribution in [3.05, 3.63) is 39.5 Å². The van der Waals surface area contributed by atoms with Crippen LogP contribution in [0.2, 0.25) is 0 Å². The van der Waals surface area contributed by atoms with Crippen LogP contribution >= 0.6 is 15.9 Å². The Kier molecular flexibility index (Phi) is 4.39. The van der Waals surface area contributed by atoms with Gasteiger partial charge in [0.25, 0.3) is 5.56 Å². The van der Waals surface area contributed by atoms with Crippen LogP contribution in [0.25, 0.3) is 0 Å². The Morgan fingerprint density at radius 1 is 1.32 bits per heavy atom. The van der Waals surface area contributed by atoms with Crippen LogP contribution in [-0.2, 0) is 7.05 Å². The van der Waals surface area contributed by atoms with Gasteiger partial charge in [0, 0.05) is 39.4 Å². The van der Waals surface area contributed by atoms with Gasteiger partial charge in [0.1, 0.15) is 10.4 Å². The first-order valence-electron chi connectivity index (χ1n) is 7.05. The minimum atomic E-state index is -0.186. The molecule has 0 unspecified atom stereocenters. The molecular formula is C14H17BrN6O. The number of aromatic nitrogens is 3.